The molecule has 0 radical (unpaired) electrons. The first-order valence-electron chi connectivity index (χ1n) is 7.02. The van der Waals surface area contributed by atoms with Gasteiger partial charge < -0.3 is 10.6 Å². The van der Waals surface area contributed by atoms with Gasteiger partial charge in [-0.1, -0.05) is 11.8 Å². The standard InChI is InChI=1S/C17H21N3O/c1-4-20(12-13(2)11-19)17(21)16-8-7-15(6-5-9-18)14(3)10-16/h7-8,10,13H,4,9,12,18H2,1-3H3. The van der Waals surface area contributed by atoms with Crippen molar-refractivity contribution in [1.29, 1.82) is 5.26 Å². The van der Waals surface area contributed by atoms with Crippen LogP contribution in [0.3, 0.4) is 0 Å². The van der Waals surface area contributed by atoms with Gasteiger partial charge in [0, 0.05) is 24.2 Å². The van der Waals surface area contributed by atoms with Crippen molar-refractivity contribution >= 4 is 5.91 Å². The minimum absolute atomic E-state index is 0.0546. The number of carbonyl (C=O) groups is 1. The summed E-state index contributed by atoms with van der Waals surface area (Å²) in [4.78, 5) is 14.2. The smallest absolute Gasteiger partial charge is 0.253 e. The number of rotatable bonds is 4. The number of nitrogens with zero attached hydrogens (tertiary/aromatic N) is 2. The van der Waals surface area contributed by atoms with E-state index < -0.39 is 0 Å². The van der Waals surface area contributed by atoms with E-state index >= 15 is 0 Å². The second-order valence-corrected chi connectivity index (χ2v) is 4.91. The summed E-state index contributed by atoms with van der Waals surface area (Å²) < 4.78 is 0. The van der Waals surface area contributed by atoms with E-state index in [0.717, 1.165) is 11.1 Å². The predicted octanol–water partition coefficient (Wildman–Crippen LogP) is 1.93. The van der Waals surface area contributed by atoms with Crippen LogP contribution in [0.25, 0.3) is 0 Å². The van der Waals surface area contributed by atoms with Gasteiger partial charge in [-0.15, -0.1) is 0 Å². The van der Waals surface area contributed by atoms with E-state index in [-0.39, 0.29) is 11.8 Å². The Morgan fingerprint density at radius 2 is 2.19 bits per heavy atom. The van der Waals surface area contributed by atoms with Crippen molar-refractivity contribution in [2.24, 2.45) is 11.7 Å². The number of nitriles is 1. The van der Waals surface area contributed by atoms with E-state index in [4.69, 9.17) is 11.0 Å². The molecule has 1 aromatic rings. The molecule has 1 unspecified atom stereocenters. The van der Waals surface area contributed by atoms with Crippen LogP contribution in [-0.2, 0) is 0 Å². The lowest BCUT2D eigenvalue weighted by molar-refractivity contribution is 0.0752. The van der Waals surface area contributed by atoms with Crippen molar-refractivity contribution in [2.45, 2.75) is 20.8 Å². The molecule has 0 spiro atoms. The third-order valence-corrected chi connectivity index (χ3v) is 3.18. The molecule has 0 fully saturated rings. The minimum atomic E-state index is -0.176. The largest absolute Gasteiger partial charge is 0.338 e. The molecule has 110 valence electrons. The van der Waals surface area contributed by atoms with E-state index in [9.17, 15) is 4.79 Å². The quantitative estimate of drug-likeness (QED) is 0.858. The molecule has 1 atom stereocenters. The molecule has 0 aliphatic heterocycles. The van der Waals surface area contributed by atoms with Crippen LogP contribution in [0.4, 0.5) is 0 Å². The zero-order valence-corrected chi connectivity index (χ0v) is 12.8. The van der Waals surface area contributed by atoms with Crippen LogP contribution in [0.2, 0.25) is 0 Å². The normalized spacial score (nSPS) is 11.0. The fourth-order valence-electron chi connectivity index (χ4n) is 1.99. The van der Waals surface area contributed by atoms with Gasteiger partial charge in [-0.3, -0.25) is 4.79 Å². The summed E-state index contributed by atoms with van der Waals surface area (Å²) in [7, 11) is 0. The van der Waals surface area contributed by atoms with Gasteiger partial charge >= 0.3 is 0 Å². The third kappa shape index (κ3) is 4.63. The Morgan fingerprint density at radius 1 is 1.48 bits per heavy atom. The van der Waals surface area contributed by atoms with E-state index in [1.165, 1.54) is 0 Å². The predicted molar refractivity (Wildman–Crippen MR) is 83.5 cm³/mol. The first kappa shape index (κ1) is 16.8. The highest BCUT2D eigenvalue weighted by molar-refractivity contribution is 5.94. The molecule has 0 aliphatic rings. The van der Waals surface area contributed by atoms with E-state index in [2.05, 4.69) is 17.9 Å². The molecule has 1 amide bonds. The maximum Gasteiger partial charge on any atom is 0.253 e. The van der Waals surface area contributed by atoms with Crippen LogP contribution < -0.4 is 5.73 Å². The Bertz CT molecular complexity index is 605. The van der Waals surface area contributed by atoms with Gasteiger partial charge in [-0.2, -0.15) is 5.26 Å². The Labute approximate surface area is 126 Å². The number of amides is 1. The number of carbonyl (C=O) groups excluding carboxylic acids is 1. The maximum atomic E-state index is 12.5. The molecule has 0 heterocycles. The molecule has 0 aliphatic carbocycles. The Balaban J connectivity index is 2.97. The molecule has 0 bridgehead atoms. The van der Waals surface area contributed by atoms with Crippen molar-refractivity contribution < 1.29 is 4.79 Å². The lowest BCUT2D eigenvalue weighted by Crippen LogP contribution is -2.34. The van der Waals surface area contributed by atoms with Crippen LogP contribution in [0.1, 0.15) is 35.3 Å². The average Bonchev–Trinajstić information content (AvgIpc) is 2.50. The average molecular weight is 283 g/mol. The number of nitrogens with two attached hydrogens (primary N) is 1. The van der Waals surface area contributed by atoms with E-state index in [0.29, 0.717) is 25.2 Å². The summed E-state index contributed by atoms with van der Waals surface area (Å²) in [6, 6.07) is 7.61. The highest BCUT2D eigenvalue weighted by Gasteiger charge is 2.17. The van der Waals surface area contributed by atoms with E-state index in [1.54, 1.807) is 11.0 Å². The minimum Gasteiger partial charge on any atom is -0.338 e. The van der Waals surface area contributed by atoms with Crippen molar-refractivity contribution in [3.8, 4) is 17.9 Å². The van der Waals surface area contributed by atoms with Gasteiger partial charge in [0.05, 0.1) is 18.5 Å². The zero-order chi connectivity index (χ0) is 15.8. The fraction of sp³-hybridized carbons (Fsp3) is 0.412. The first-order valence-corrected chi connectivity index (χ1v) is 7.02. The van der Waals surface area contributed by atoms with Crippen molar-refractivity contribution in [3.63, 3.8) is 0 Å². The van der Waals surface area contributed by atoms with Crippen LogP contribution >= 0.6 is 0 Å². The summed E-state index contributed by atoms with van der Waals surface area (Å²) in [5.74, 6) is 5.56. The molecule has 21 heavy (non-hydrogen) atoms. The van der Waals surface area contributed by atoms with Gasteiger partial charge in [0.25, 0.3) is 5.91 Å². The Hall–Kier alpha value is -2.30. The third-order valence-electron chi connectivity index (χ3n) is 3.18. The lowest BCUT2D eigenvalue weighted by atomic mass is 10.0. The molecular weight excluding hydrogens is 262 g/mol. The molecule has 1 aromatic carbocycles. The molecule has 4 nitrogen and oxygen atoms in total. The highest BCUT2D eigenvalue weighted by Crippen LogP contribution is 2.13. The lowest BCUT2D eigenvalue weighted by Gasteiger charge is -2.22. The highest BCUT2D eigenvalue weighted by atomic mass is 16.2. The number of aryl methyl sites for hydroxylation is 1. The molecule has 2 N–H and O–H groups in total. The molecule has 4 heteroatoms. The summed E-state index contributed by atoms with van der Waals surface area (Å²) in [5, 5.41) is 8.88. The molecular formula is C17H21N3O. The number of hydrogen-bond donors (Lipinski definition) is 1. The topological polar surface area (TPSA) is 70.1 Å². The first-order chi connectivity index (χ1) is 10.0. The molecule has 0 aromatic heterocycles. The van der Waals surface area contributed by atoms with Crippen molar-refractivity contribution in [3.05, 3.63) is 34.9 Å². The number of hydrogen-bond acceptors (Lipinski definition) is 3. The van der Waals surface area contributed by atoms with Gasteiger partial charge in [-0.25, -0.2) is 0 Å². The Kier molecular flexibility index (Phi) is 6.46. The second-order valence-electron chi connectivity index (χ2n) is 4.91. The molecule has 1 rings (SSSR count). The Morgan fingerprint density at radius 3 is 2.71 bits per heavy atom. The maximum absolute atomic E-state index is 12.5. The second kappa shape index (κ2) is 8.09. The van der Waals surface area contributed by atoms with Gasteiger partial charge in [0.15, 0.2) is 0 Å². The van der Waals surface area contributed by atoms with Crippen LogP contribution in [0.5, 0.6) is 0 Å². The molecule has 0 saturated carbocycles. The van der Waals surface area contributed by atoms with Gasteiger partial charge in [0.2, 0.25) is 0 Å². The zero-order valence-electron chi connectivity index (χ0n) is 12.8. The van der Waals surface area contributed by atoms with Gasteiger partial charge in [-0.05, 0) is 44.5 Å². The van der Waals surface area contributed by atoms with Gasteiger partial charge in [0.1, 0.15) is 0 Å². The van der Waals surface area contributed by atoms with Crippen molar-refractivity contribution in [1.82, 2.24) is 4.90 Å². The summed E-state index contributed by atoms with van der Waals surface area (Å²) >= 11 is 0. The fourth-order valence-corrected chi connectivity index (χ4v) is 1.99. The van der Waals surface area contributed by atoms with Crippen LogP contribution in [-0.4, -0.2) is 30.4 Å². The molecule has 0 saturated heterocycles. The van der Waals surface area contributed by atoms with Crippen molar-refractivity contribution in [2.75, 3.05) is 19.6 Å². The van der Waals surface area contributed by atoms with Crippen LogP contribution in [0.15, 0.2) is 18.2 Å². The number of benzene rings is 1. The summed E-state index contributed by atoms with van der Waals surface area (Å²) in [5.41, 5.74) is 7.81. The monoisotopic (exact) mass is 283 g/mol. The van der Waals surface area contributed by atoms with E-state index in [1.807, 2.05) is 32.9 Å². The SMILES string of the molecule is CCN(CC(C)C#N)C(=O)c1ccc(C#CCN)c(C)c1. The summed E-state index contributed by atoms with van der Waals surface area (Å²) in [6.07, 6.45) is 0. The van der Waals surface area contributed by atoms with Crippen LogP contribution in [0, 0.1) is 36.0 Å². The summed E-state index contributed by atoms with van der Waals surface area (Å²) in [6.45, 7) is 6.99.